The second-order valence-electron chi connectivity index (χ2n) is 9.24. The summed E-state index contributed by atoms with van der Waals surface area (Å²) in [7, 11) is 0. The van der Waals surface area contributed by atoms with E-state index in [1.807, 2.05) is 6.08 Å². The Kier molecular flexibility index (Phi) is 4.04. The van der Waals surface area contributed by atoms with Gasteiger partial charge >= 0.3 is 0 Å². The molecule has 0 unspecified atom stereocenters. The van der Waals surface area contributed by atoms with E-state index in [1.165, 1.54) is 38.4 Å². The van der Waals surface area contributed by atoms with Crippen molar-refractivity contribution in [3.63, 3.8) is 0 Å². The number of benzene rings is 4. The number of allylic oxidation sites excluding steroid dienone is 5. The van der Waals surface area contributed by atoms with Gasteiger partial charge in [0.25, 0.3) is 0 Å². The molecule has 0 aromatic heterocycles. The van der Waals surface area contributed by atoms with E-state index in [4.69, 9.17) is 0 Å². The molecule has 0 spiro atoms. The fraction of sp³-hybridized carbons (Fsp3) is 0.0968. The zero-order valence-corrected chi connectivity index (χ0v) is 18.5. The molecular weight excluding hydrogens is 418 g/mol. The van der Waals surface area contributed by atoms with Gasteiger partial charge in [0.15, 0.2) is 11.6 Å². The van der Waals surface area contributed by atoms with E-state index in [2.05, 4.69) is 59.5 Å². The molecule has 7 rings (SSSR count). The number of ketones is 2. The highest BCUT2D eigenvalue weighted by atomic mass is 16.2. The van der Waals surface area contributed by atoms with Gasteiger partial charge in [0.2, 0.25) is 0 Å². The van der Waals surface area contributed by atoms with Crippen molar-refractivity contribution in [3.05, 3.63) is 130 Å². The lowest BCUT2D eigenvalue weighted by atomic mass is 9.93. The van der Waals surface area contributed by atoms with Crippen LogP contribution in [0.4, 0.5) is 0 Å². The van der Waals surface area contributed by atoms with Crippen LogP contribution in [0.2, 0.25) is 0 Å². The molecule has 0 fully saturated rings. The van der Waals surface area contributed by atoms with Gasteiger partial charge in [-0.2, -0.15) is 0 Å². The standard InChI is InChI=1S/C31H21NO2/c33-30-25-11-5-6-12-26(25)31(34)27(30)16-19-13-14-20(15-19)32-17-28-23-9-3-1-7-21(23)22-8-2-4-10-24(22)29(28)18-32/h1-14,16H,15,17-18H2. The molecular formula is C31H21NO2. The highest BCUT2D eigenvalue weighted by Gasteiger charge is 2.33. The van der Waals surface area contributed by atoms with Crippen LogP contribution >= 0.6 is 0 Å². The molecule has 0 bridgehead atoms. The summed E-state index contributed by atoms with van der Waals surface area (Å²) in [5.41, 5.74) is 6.34. The number of fused-ring (bicyclic) bond motifs is 7. The van der Waals surface area contributed by atoms with Crippen molar-refractivity contribution in [2.45, 2.75) is 19.5 Å². The molecule has 1 heterocycles. The lowest BCUT2D eigenvalue weighted by Gasteiger charge is -2.19. The predicted octanol–water partition coefficient (Wildman–Crippen LogP) is 6.53. The quantitative estimate of drug-likeness (QED) is 0.202. The van der Waals surface area contributed by atoms with Gasteiger partial charge in [0, 0.05) is 36.3 Å². The van der Waals surface area contributed by atoms with E-state index < -0.39 is 0 Å². The van der Waals surface area contributed by atoms with Crippen molar-refractivity contribution >= 4 is 33.1 Å². The maximum atomic E-state index is 12.8. The maximum Gasteiger partial charge on any atom is 0.197 e. The van der Waals surface area contributed by atoms with Crippen LogP contribution in [0.15, 0.2) is 108 Å². The first-order valence-corrected chi connectivity index (χ1v) is 11.6. The van der Waals surface area contributed by atoms with Crippen molar-refractivity contribution in [1.82, 2.24) is 4.90 Å². The van der Waals surface area contributed by atoms with Gasteiger partial charge in [0.05, 0.1) is 5.57 Å². The Morgan fingerprint density at radius 3 is 1.68 bits per heavy atom. The molecule has 4 aromatic rings. The first-order valence-electron chi connectivity index (χ1n) is 11.6. The molecule has 0 atom stereocenters. The molecule has 0 radical (unpaired) electrons. The van der Waals surface area contributed by atoms with E-state index in [1.54, 1.807) is 30.3 Å². The average Bonchev–Trinajstić information content (AvgIpc) is 3.59. The van der Waals surface area contributed by atoms with Crippen LogP contribution in [0, 0.1) is 0 Å². The lowest BCUT2D eigenvalue weighted by Crippen LogP contribution is -2.14. The average molecular weight is 440 g/mol. The summed E-state index contributed by atoms with van der Waals surface area (Å²) >= 11 is 0. The van der Waals surface area contributed by atoms with Crippen molar-refractivity contribution in [1.29, 1.82) is 0 Å². The highest BCUT2D eigenvalue weighted by molar-refractivity contribution is 6.39. The fourth-order valence-corrected chi connectivity index (χ4v) is 5.72. The van der Waals surface area contributed by atoms with E-state index in [-0.39, 0.29) is 17.1 Å². The monoisotopic (exact) mass is 439 g/mol. The van der Waals surface area contributed by atoms with Crippen molar-refractivity contribution < 1.29 is 9.59 Å². The van der Waals surface area contributed by atoms with Gasteiger partial charge in [-0.3, -0.25) is 9.59 Å². The lowest BCUT2D eigenvalue weighted by molar-refractivity contribution is 0.0988. The van der Waals surface area contributed by atoms with Crippen LogP contribution in [0.1, 0.15) is 38.3 Å². The summed E-state index contributed by atoms with van der Waals surface area (Å²) in [6.07, 6.45) is 6.71. The first kappa shape index (κ1) is 19.2. The number of nitrogens with zero attached hydrogens (tertiary/aromatic N) is 1. The Morgan fingerprint density at radius 2 is 1.12 bits per heavy atom. The summed E-state index contributed by atoms with van der Waals surface area (Å²) in [5.74, 6) is -0.331. The molecule has 3 heteroatoms. The van der Waals surface area contributed by atoms with Crippen molar-refractivity contribution in [3.8, 4) is 0 Å². The fourth-order valence-electron chi connectivity index (χ4n) is 5.72. The third-order valence-electron chi connectivity index (χ3n) is 7.37. The van der Waals surface area contributed by atoms with Gasteiger partial charge in [-0.15, -0.1) is 0 Å². The molecule has 0 amide bonds. The Bertz CT molecular complexity index is 1570. The number of carbonyl (C=O) groups excluding carboxylic acids is 2. The van der Waals surface area contributed by atoms with Crippen LogP contribution in [0.25, 0.3) is 21.5 Å². The van der Waals surface area contributed by atoms with Crippen molar-refractivity contribution in [2.24, 2.45) is 0 Å². The maximum absolute atomic E-state index is 12.8. The number of rotatable bonds is 2. The van der Waals surface area contributed by atoms with Gasteiger partial charge in [-0.05, 0) is 50.4 Å². The van der Waals surface area contributed by atoms with Crippen LogP contribution in [0.5, 0.6) is 0 Å². The Morgan fingerprint density at radius 1 is 0.618 bits per heavy atom. The number of carbonyl (C=O) groups is 2. The Hall–Kier alpha value is -4.24. The van der Waals surface area contributed by atoms with Crippen LogP contribution < -0.4 is 0 Å². The van der Waals surface area contributed by atoms with Crippen LogP contribution in [-0.4, -0.2) is 16.5 Å². The van der Waals surface area contributed by atoms with E-state index in [0.717, 1.165) is 25.1 Å². The van der Waals surface area contributed by atoms with Crippen LogP contribution in [-0.2, 0) is 13.1 Å². The van der Waals surface area contributed by atoms with E-state index in [0.29, 0.717) is 11.1 Å². The molecule has 0 saturated carbocycles. The third-order valence-corrected chi connectivity index (χ3v) is 7.37. The van der Waals surface area contributed by atoms with Gasteiger partial charge < -0.3 is 4.90 Å². The molecule has 3 nitrogen and oxygen atoms in total. The molecule has 34 heavy (non-hydrogen) atoms. The molecule has 4 aromatic carbocycles. The summed E-state index contributed by atoms with van der Waals surface area (Å²) in [6, 6.07) is 24.4. The normalized spacial score (nSPS) is 16.8. The smallest absolute Gasteiger partial charge is 0.197 e. The van der Waals surface area contributed by atoms with E-state index >= 15 is 0 Å². The largest absolute Gasteiger partial charge is 0.366 e. The van der Waals surface area contributed by atoms with Crippen LogP contribution in [0.3, 0.4) is 0 Å². The summed E-state index contributed by atoms with van der Waals surface area (Å²) in [6.45, 7) is 1.74. The van der Waals surface area contributed by atoms with Gasteiger partial charge in [-0.25, -0.2) is 0 Å². The minimum absolute atomic E-state index is 0.165. The number of hydrogen-bond acceptors (Lipinski definition) is 3. The molecule has 0 N–H and O–H groups in total. The minimum Gasteiger partial charge on any atom is -0.366 e. The SMILES string of the molecule is O=C1C(=CC2=CC=C(N3Cc4c(c5ccccc5c5ccccc45)C3)C2)C(=O)c2ccccc21. The summed E-state index contributed by atoms with van der Waals surface area (Å²) in [5, 5.41) is 5.26. The van der Waals surface area contributed by atoms with E-state index in [9.17, 15) is 9.59 Å². The molecule has 0 saturated heterocycles. The molecule has 1 aliphatic heterocycles. The zero-order chi connectivity index (χ0) is 22.8. The molecule has 2 aliphatic carbocycles. The topological polar surface area (TPSA) is 37.4 Å². The Labute approximate surface area is 197 Å². The summed E-state index contributed by atoms with van der Waals surface area (Å²) < 4.78 is 0. The second-order valence-corrected chi connectivity index (χ2v) is 9.24. The predicted molar refractivity (Wildman–Crippen MR) is 135 cm³/mol. The highest BCUT2D eigenvalue weighted by Crippen LogP contribution is 2.41. The second kappa shape index (κ2) is 7.13. The minimum atomic E-state index is -0.165. The van der Waals surface area contributed by atoms with Crippen molar-refractivity contribution in [2.75, 3.05) is 0 Å². The number of Topliss-reactive ketones (excluding diaryl/α,β-unsaturated/α-hetero) is 2. The molecule has 3 aliphatic rings. The molecule has 162 valence electrons. The van der Waals surface area contributed by atoms with Gasteiger partial charge in [-0.1, -0.05) is 78.9 Å². The zero-order valence-electron chi connectivity index (χ0n) is 18.5. The Balaban J connectivity index is 1.18. The third kappa shape index (κ3) is 2.70. The first-order chi connectivity index (χ1) is 16.7. The summed E-state index contributed by atoms with van der Waals surface area (Å²) in [4.78, 5) is 28.0. The number of hydrogen-bond donors (Lipinski definition) is 0. The van der Waals surface area contributed by atoms with Gasteiger partial charge in [0.1, 0.15) is 0 Å².